The molecule has 0 saturated carbocycles. The number of benzene rings is 2. The molecule has 23 heavy (non-hydrogen) atoms. The first-order valence-corrected chi connectivity index (χ1v) is 7.02. The third-order valence-corrected chi connectivity index (χ3v) is 3.25. The highest BCUT2D eigenvalue weighted by Crippen LogP contribution is 2.25. The number of non-ortho nitro benzene ring substituents is 1. The molecule has 0 atom stereocenters. The molecule has 0 saturated heterocycles. The molecule has 0 fully saturated rings. The lowest BCUT2D eigenvalue weighted by molar-refractivity contribution is -0.384. The van der Waals surface area contributed by atoms with Gasteiger partial charge in [0.1, 0.15) is 11.6 Å². The average molecular weight is 334 g/mol. The van der Waals surface area contributed by atoms with Gasteiger partial charge in [0.25, 0.3) is 5.69 Å². The van der Waals surface area contributed by atoms with E-state index in [4.69, 9.17) is 11.6 Å². The molecule has 0 bridgehead atoms. The summed E-state index contributed by atoms with van der Waals surface area (Å²) >= 11 is 5.47. The van der Waals surface area contributed by atoms with E-state index in [1.807, 2.05) is 0 Å². The van der Waals surface area contributed by atoms with Gasteiger partial charge >= 0.3 is 0 Å². The van der Waals surface area contributed by atoms with Crippen molar-refractivity contribution in [3.05, 3.63) is 69.8 Å². The van der Waals surface area contributed by atoms with Gasteiger partial charge in [0.05, 0.1) is 10.6 Å². The lowest BCUT2D eigenvalue weighted by Gasteiger charge is -2.12. The van der Waals surface area contributed by atoms with Crippen molar-refractivity contribution >= 4 is 34.6 Å². The van der Waals surface area contributed by atoms with Crippen molar-refractivity contribution in [1.82, 2.24) is 0 Å². The summed E-state index contributed by atoms with van der Waals surface area (Å²) in [7, 11) is 0. The molecule has 0 heterocycles. The number of carbonyl (C=O) groups excluding carboxylic acids is 1. The standard InChI is InChI=1S/C15H12ClN3O4/c16-9-14(20)17-13-7-6-11(19(22)23)8-12(13)15(18-21)10-4-2-1-3-5-10/h1-8,21H,9H2,(H,17,20)/b18-15+. The fourth-order valence-corrected chi connectivity index (χ4v) is 2.06. The Hall–Kier alpha value is -2.93. The minimum atomic E-state index is -0.573. The SMILES string of the molecule is O=C(CCl)Nc1ccc([N+](=O)[O-])cc1/C(=N/O)c1ccccc1. The Morgan fingerprint density at radius 1 is 1.26 bits per heavy atom. The molecule has 1 amide bonds. The number of amides is 1. The van der Waals surface area contributed by atoms with Crippen molar-refractivity contribution in [2.45, 2.75) is 0 Å². The first-order chi connectivity index (χ1) is 11.1. The van der Waals surface area contributed by atoms with E-state index < -0.39 is 10.8 Å². The summed E-state index contributed by atoms with van der Waals surface area (Å²) < 4.78 is 0. The fourth-order valence-electron chi connectivity index (χ4n) is 2.00. The van der Waals surface area contributed by atoms with Crippen LogP contribution in [0.5, 0.6) is 0 Å². The molecule has 0 aliphatic heterocycles. The van der Waals surface area contributed by atoms with Crippen LogP contribution in [0.15, 0.2) is 53.7 Å². The Balaban J connectivity index is 2.58. The molecular formula is C15H12ClN3O4. The molecule has 0 aliphatic rings. The molecule has 2 aromatic carbocycles. The van der Waals surface area contributed by atoms with E-state index in [-0.39, 0.29) is 28.5 Å². The van der Waals surface area contributed by atoms with Crippen molar-refractivity contribution in [1.29, 1.82) is 0 Å². The molecule has 0 radical (unpaired) electrons. The molecule has 2 N–H and O–H groups in total. The minimum absolute atomic E-state index is 0.0965. The molecule has 2 rings (SSSR count). The van der Waals surface area contributed by atoms with Gasteiger partial charge in [-0.05, 0) is 6.07 Å². The first-order valence-electron chi connectivity index (χ1n) is 6.49. The van der Waals surface area contributed by atoms with Gasteiger partial charge in [-0.3, -0.25) is 14.9 Å². The van der Waals surface area contributed by atoms with Gasteiger partial charge in [0.2, 0.25) is 5.91 Å². The second kappa shape index (κ2) is 7.37. The zero-order valence-electron chi connectivity index (χ0n) is 11.8. The Morgan fingerprint density at radius 2 is 1.96 bits per heavy atom. The van der Waals surface area contributed by atoms with Crippen LogP contribution in [-0.4, -0.2) is 27.6 Å². The fraction of sp³-hybridized carbons (Fsp3) is 0.0667. The highest BCUT2D eigenvalue weighted by atomic mass is 35.5. The summed E-state index contributed by atoms with van der Waals surface area (Å²) in [5, 5.41) is 26.1. The third kappa shape index (κ3) is 3.83. The van der Waals surface area contributed by atoms with E-state index in [0.717, 1.165) is 0 Å². The van der Waals surface area contributed by atoms with Crippen LogP contribution in [0.2, 0.25) is 0 Å². The highest BCUT2D eigenvalue weighted by Gasteiger charge is 2.18. The topological polar surface area (TPSA) is 105 Å². The molecule has 0 aliphatic carbocycles. The number of nitro benzene ring substituents is 1. The number of rotatable bonds is 5. The Labute approximate surface area is 136 Å². The molecule has 2 aromatic rings. The number of alkyl halides is 1. The predicted molar refractivity (Wildman–Crippen MR) is 86.3 cm³/mol. The van der Waals surface area contributed by atoms with Gasteiger partial charge in [-0.2, -0.15) is 0 Å². The summed E-state index contributed by atoms with van der Waals surface area (Å²) in [6.07, 6.45) is 0. The number of hydrogen-bond acceptors (Lipinski definition) is 5. The van der Waals surface area contributed by atoms with E-state index >= 15 is 0 Å². The quantitative estimate of drug-likeness (QED) is 0.288. The number of hydrogen-bond donors (Lipinski definition) is 2. The van der Waals surface area contributed by atoms with E-state index in [2.05, 4.69) is 10.5 Å². The summed E-state index contributed by atoms with van der Waals surface area (Å²) in [5.41, 5.74) is 0.918. The Kier molecular flexibility index (Phi) is 5.27. The summed E-state index contributed by atoms with van der Waals surface area (Å²) in [6, 6.07) is 12.4. The second-order valence-electron chi connectivity index (χ2n) is 4.48. The largest absolute Gasteiger partial charge is 0.410 e. The third-order valence-electron chi connectivity index (χ3n) is 3.01. The number of carbonyl (C=O) groups is 1. The van der Waals surface area contributed by atoms with Crippen molar-refractivity contribution in [2.24, 2.45) is 5.16 Å². The molecule has 0 unspecified atom stereocenters. The summed E-state index contributed by atoms with van der Waals surface area (Å²) in [5.74, 6) is -0.750. The van der Waals surface area contributed by atoms with Crippen LogP contribution in [-0.2, 0) is 4.79 Å². The normalized spacial score (nSPS) is 11.1. The van der Waals surface area contributed by atoms with Crippen LogP contribution in [0.3, 0.4) is 0 Å². The van der Waals surface area contributed by atoms with Crippen LogP contribution in [0, 0.1) is 10.1 Å². The average Bonchev–Trinajstić information content (AvgIpc) is 2.57. The Bertz CT molecular complexity index is 763. The number of nitrogens with one attached hydrogen (secondary N) is 1. The van der Waals surface area contributed by atoms with Crippen molar-refractivity contribution in [3.63, 3.8) is 0 Å². The Morgan fingerprint density at radius 3 is 2.52 bits per heavy atom. The van der Waals surface area contributed by atoms with Crippen LogP contribution in [0.4, 0.5) is 11.4 Å². The molecule has 0 aromatic heterocycles. The molecule has 0 spiro atoms. The van der Waals surface area contributed by atoms with Gasteiger partial charge in [-0.1, -0.05) is 35.5 Å². The molecule has 8 heteroatoms. The lowest BCUT2D eigenvalue weighted by atomic mass is 10.00. The smallest absolute Gasteiger partial charge is 0.270 e. The van der Waals surface area contributed by atoms with Gasteiger partial charge in [-0.25, -0.2) is 0 Å². The first kappa shape index (κ1) is 16.4. The second-order valence-corrected chi connectivity index (χ2v) is 4.75. The molecule has 118 valence electrons. The summed E-state index contributed by atoms with van der Waals surface area (Å²) in [4.78, 5) is 21.9. The van der Waals surface area contributed by atoms with E-state index in [0.29, 0.717) is 5.56 Å². The maximum absolute atomic E-state index is 11.5. The highest BCUT2D eigenvalue weighted by molar-refractivity contribution is 6.29. The molecule has 7 nitrogen and oxygen atoms in total. The lowest BCUT2D eigenvalue weighted by Crippen LogP contribution is -2.16. The zero-order chi connectivity index (χ0) is 16.8. The van der Waals surface area contributed by atoms with E-state index in [1.54, 1.807) is 30.3 Å². The number of anilines is 1. The van der Waals surface area contributed by atoms with Gasteiger partial charge in [0, 0.05) is 23.3 Å². The van der Waals surface area contributed by atoms with E-state index in [9.17, 15) is 20.1 Å². The van der Waals surface area contributed by atoms with Crippen LogP contribution < -0.4 is 5.32 Å². The van der Waals surface area contributed by atoms with Gasteiger partial charge in [-0.15, -0.1) is 11.6 Å². The van der Waals surface area contributed by atoms with Gasteiger partial charge < -0.3 is 10.5 Å². The summed E-state index contributed by atoms with van der Waals surface area (Å²) in [6.45, 7) is 0. The maximum Gasteiger partial charge on any atom is 0.270 e. The number of oxime groups is 1. The number of halogens is 1. The van der Waals surface area contributed by atoms with Gasteiger partial charge in [0.15, 0.2) is 0 Å². The van der Waals surface area contributed by atoms with Crippen LogP contribution in [0.25, 0.3) is 0 Å². The maximum atomic E-state index is 11.5. The predicted octanol–water partition coefficient (Wildman–Crippen LogP) is 3.00. The molecular weight excluding hydrogens is 322 g/mol. The van der Waals surface area contributed by atoms with Crippen molar-refractivity contribution in [2.75, 3.05) is 11.2 Å². The van der Waals surface area contributed by atoms with Crippen molar-refractivity contribution < 1.29 is 14.9 Å². The number of nitrogens with zero attached hydrogens (tertiary/aromatic N) is 2. The number of nitro groups is 1. The zero-order valence-corrected chi connectivity index (χ0v) is 12.5. The monoisotopic (exact) mass is 333 g/mol. The minimum Gasteiger partial charge on any atom is -0.410 e. The van der Waals surface area contributed by atoms with Crippen LogP contribution >= 0.6 is 11.6 Å². The van der Waals surface area contributed by atoms with Crippen LogP contribution in [0.1, 0.15) is 11.1 Å². The van der Waals surface area contributed by atoms with E-state index in [1.165, 1.54) is 18.2 Å². The van der Waals surface area contributed by atoms with Crippen molar-refractivity contribution in [3.8, 4) is 0 Å².